The summed E-state index contributed by atoms with van der Waals surface area (Å²) in [4.78, 5) is 8.57. The zero-order valence-corrected chi connectivity index (χ0v) is 10.1. The fourth-order valence-corrected chi connectivity index (χ4v) is 1.49. The quantitative estimate of drug-likeness (QED) is 0.815. The molecule has 88 valence electrons. The summed E-state index contributed by atoms with van der Waals surface area (Å²) >= 11 is 0. The van der Waals surface area contributed by atoms with Crippen molar-refractivity contribution in [1.82, 2.24) is 9.97 Å². The van der Waals surface area contributed by atoms with Gasteiger partial charge in [-0.15, -0.1) is 0 Å². The van der Waals surface area contributed by atoms with Crippen LogP contribution in [0.1, 0.15) is 39.2 Å². The Morgan fingerprint density at radius 3 is 2.25 bits per heavy atom. The van der Waals surface area contributed by atoms with Gasteiger partial charge in [0.05, 0.1) is 12.1 Å². The van der Waals surface area contributed by atoms with Crippen LogP contribution in [0.4, 0.5) is 5.95 Å². The summed E-state index contributed by atoms with van der Waals surface area (Å²) in [7, 11) is 0. The maximum atomic E-state index is 9.18. The van der Waals surface area contributed by atoms with Crippen molar-refractivity contribution < 1.29 is 5.11 Å². The first-order chi connectivity index (χ1) is 7.45. The average molecular weight is 221 g/mol. The van der Waals surface area contributed by atoms with Gasteiger partial charge >= 0.3 is 0 Å². The number of hydrogen-bond donors (Lipinski definition) is 2. The van der Waals surface area contributed by atoms with Crippen LogP contribution in [0, 0.1) is 0 Å². The lowest BCUT2D eigenvalue weighted by Gasteiger charge is -2.19. The van der Waals surface area contributed by atoms with Gasteiger partial charge in [-0.3, -0.25) is 0 Å². The van der Waals surface area contributed by atoms with Gasteiger partial charge in [0.2, 0.25) is 5.95 Å². The number of hydrogen-bond acceptors (Lipinski definition) is 4. The van der Waals surface area contributed by atoms with E-state index in [0.29, 0.717) is 5.95 Å². The zero-order valence-electron chi connectivity index (χ0n) is 10.1. The summed E-state index contributed by atoms with van der Waals surface area (Å²) in [5, 5.41) is 12.4. The highest BCUT2D eigenvalue weighted by molar-refractivity contribution is 5.34. The van der Waals surface area contributed by atoms with Crippen molar-refractivity contribution >= 4 is 5.95 Å². The molecule has 0 radical (unpaired) electrons. The minimum absolute atomic E-state index is 0.0762. The van der Waals surface area contributed by atoms with Gasteiger partial charge in [-0.25, -0.2) is 9.97 Å². The fraction of sp³-hybridized carbons (Fsp3) is 0.667. The molecule has 0 aliphatic heterocycles. The Kier molecular flexibility index (Phi) is 2.62. The Morgan fingerprint density at radius 1 is 1.31 bits per heavy atom. The largest absolute Gasteiger partial charge is 0.394 e. The van der Waals surface area contributed by atoms with Gasteiger partial charge in [-0.05, 0) is 23.8 Å². The van der Waals surface area contributed by atoms with Crippen molar-refractivity contribution in [2.45, 2.75) is 44.6 Å². The Balaban J connectivity index is 2.08. The Morgan fingerprint density at radius 2 is 1.88 bits per heavy atom. The van der Waals surface area contributed by atoms with Crippen molar-refractivity contribution in [3.63, 3.8) is 0 Å². The highest BCUT2D eigenvalue weighted by atomic mass is 16.3. The standard InChI is InChI=1S/C12H19N3O/c1-11(2,3)9-6-13-10(14-7-9)15-12(8-16)4-5-12/h6-7,16H,4-5,8H2,1-3H3,(H,13,14,15). The molecule has 2 rings (SSSR count). The molecule has 0 unspecified atom stereocenters. The number of nitrogens with zero attached hydrogens (tertiary/aromatic N) is 2. The molecule has 0 spiro atoms. The minimum Gasteiger partial charge on any atom is -0.394 e. The molecule has 0 amide bonds. The topological polar surface area (TPSA) is 58.0 Å². The maximum Gasteiger partial charge on any atom is 0.223 e. The van der Waals surface area contributed by atoms with E-state index < -0.39 is 0 Å². The molecule has 2 N–H and O–H groups in total. The van der Waals surface area contributed by atoms with Gasteiger partial charge in [-0.2, -0.15) is 0 Å². The van der Waals surface area contributed by atoms with Crippen LogP contribution in [-0.2, 0) is 5.41 Å². The van der Waals surface area contributed by atoms with E-state index in [-0.39, 0.29) is 17.6 Å². The van der Waals surface area contributed by atoms with Gasteiger partial charge in [0, 0.05) is 12.4 Å². The number of aromatic nitrogens is 2. The van der Waals surface area contributed by atoms with Crippen LogP contribution in [0.2, 0.25) is 0 Å². The van der Waals surface area contributed by atoms with Crippen molar-refractivity contribution in [1.29, 1.82) is 0 Å². The number of anilines is 1. The molecule has 4 heteroatoms. The third-order valence-electron chi connectivity index (χ3n) is 3.05. The van der Waals surface area contributed by atoms with Crippen LogP contribution in [0.15, 0.2) is 12.4 Å². The molecule has 1 aliphatic rings. The van der Waals surface area contributed by atoms with E-state index in [4.69, 9.17) is 0 Å². The molecular weight excluding hydrogens is 202 g/mol. The van der Waals surface area contributed by atoms with E-state index in [1.54, 1.807) is 0 Å². The highest BCUT2D eigenvalue weighted by Gasteiger charge is 2.42. The van der Waals surface area contributed by atoms with Crippen LogP contribution < -0.4 is 5.32 Å². The number of aliphatic hydroxyl groups is 1. The van der Waals surface area contributed by atoms with E-state index in [0.717, 1.165) is 18.4 Å². The first kappa shape index (κ1) is 11.3. The monoisotopic (exact) mass is 221 g/mol. The van der Waals surface area contributed by atoms with Gasteiger partial charge in [-0.1, -0.05) is 20.8 Å². The molecule has 16 heavy (non-hydrogen) atoms. The first-order valence-corrected chi connectivity index (χ1v) is 5.67. The van der Waals surface area contributed by atoms with Crippen LogP contribution >= 0.6 is 0 Å². The molecule has 0 aromatic carbocycles. The summed E-state index contributed by atoms with van der Waals surface area (Å²) in [6, 6.07) is 0. The van der Waals surface area contributed by atoms with Crippen molar-refractivity contribution in [3.8, 4) is 0 Å². The van der Waals surface area contributed by atoms with Crippen LogP contribution in [0.3, 0.4) is 0 Å². The van der Waals surface area contributed by atoms with Crippen LogP contribution in [-0.4, -0.2) is 27.2 Å². The molecule has 1 aromatic heterocycles. The molecule has 1 saturated carbocycles. The Labute approximate surface area is 96.1 Å². The summed E-state index contributed by atoms with van der Waals surface area (Å²) in [6.45, 7) is 6.55. The lowest BCUT2D eigenvalue weighted by molar-refractivity contribution is 0.265. The molecule has 1 fully saturated rings. The molecule has 0 bridgehead atoms. The molecule has 4 nitrogen and oxygen atoms in total. The van der Waals surface area contributed by atoms with E-state index >= 15 is 0 Å². The van der Waals surface area contributed by atoms with E-state index in [9.17, 15) is 5.11 Å². The number of aliphatic hydroxyl groups excluding tert-OH is 1. The predicted octanol–water partition coefficient (Wildman–Crippen LogP) is 1.71. The van der Waals surface area contributed by atoms with Crippen molar-refractivity contribution in [3.05, 3.63) is 18.0 Å². The highest BCUT2D eigenvalue weighted by Crippen LogP contribution is 2.37. The van der Waals surface area contributed by atoms with Gasteiger partial charge in [0.15, 0.2) is 0 Å². The molecule has 0 atom stereocenters. The Hall–Kier alpha value is -1.16. The summed E-state index contributed by atoms with van der Waals surface area (Å²) < 4.78 is 0. The molecule has 0 saturated heterocycles. The third kappa shape index (κ3) is 2.32. The predicted molar refractivity (Wildman–Crippen MR) is 63.4 cm³/mol. The number of rotatable bonds is 3. The van der Waals surface area contributed by atoms with Gasteiger partial charge in [0.25, 0.3) is 0 Å². The molecule has 1 aliphatic carbocycles. The van der Waals surface area contributed by atoms with E-state index in [1.807, 2.05) is 12.4 Å². The summed E-state index contributed by atoms with van der Waals surface area (Å²) in [6.07, 6.45) is 5.69. The lowest BCUT2D eigenvalue weighted by Crippen LogP contribution is -2.27. The summed E-state index contributed by atoms with van der Waals surface area (Å²) in [5.41, 5.74) is 1.04. The van der Waals surface area contributed by atoms with Gasteiger partial charge < -0.3 is 10.4 Å². The second kappa shape index (κ2) is 3.70. The third-order valence-corrected chi connectivity index (χ3v) is 3.05. The average Bonchev–Trinajstić information content (AvgIpc) is 2.98. The zero-order chi connectivity index (χ0) is 11.8. The smallest absolute Gasteiger partial charge is 0.223 e. The first-order valence-electron chi connectivity index (χ1n) is 5.67. The minimum atomic E-state index is -0.150. The second-order valence-electron chi connectivity index (χ2n) is 5.61. The Bertz CT molecular complexity index is 363. The van der Waals surface area contributed by atoms with E-state index in [2.05, 4.69) is 36.1 Å². The maximum absolute atomic E-state index is 9.18. The lowest BCUT2D eigenvalue weighted by atomic mass is 9.89. The van der Waals surface area contributed by atoms with Crippen molar-refractivity contribution in [2.75, 3.05) is 11.9 Å². The fourth-order valence-electron chi connectivity index (χ4n) is 1.49. The molecular formula is C12H19N3O. The normalized spacial score (nSPS) is 18.2. The van der Waals surface area contributed by atoms with Crippen LogP contribution in [0.5, 0.6) is 0 Å². The van der Waals surface area contributed by atoms with Gasteiger partial charge in [0.1, 0.15) is 0 Å². The molecule has 1 heterocycles. The number of nitrogens with one attached hydrogen (secondary N) is 1. The SMILES string of the molecule is CC(C)(C)c1cnc(NC2(CO)CC2)nc1. The van der Waals surface area contributed by atoms with Crippen LogP contribution in [0.25, 0.3) is 0 Å². The van der Waals surface area contributed by atoms with Crippen molar-refractivity contribution in [2.24, 2.45) is 0 Å². The summed E-state index contributed by atoms with van der Waals surface area (Å²) in [5.74, 6) is 0.611. The van der Waals surface area contributed by atoms with E-state index in [1.165, 1.54) is 0 Å². The molecule has 1 aromatic rings. The second-order valence-corrected chi connectivity index (χ2v) is 5.61.